The highest BCUT2D eigenvalue weighted by Gasteiger charge is 2.20. The quantitative estimate of drug-likeness (QED) is 0.740. The van der Waals surface area contributed by atoms with Crippen LogP contribution in [-0.2, 0) is 17.1 Å². The number of nitrogens with zero attached hydrogens (tertiary/aromatic N) is 2. The van der Waals surface area contributed by atoms with Gasteiger partial charge in [-0.3, -0.25) is 0 Å². The van der Waals surface area contributed by atoms with Crippen LogP contribution in [0.3, 0.4) is 0 Å². The first kappa shape index (κ1) is 16.4. The molecular weight excluding hydrogens is 290 g/mol. The maximum Gasteiger partial charge on any atom is 0.259 e. The monoisotopic (exact) mass is 309 g/mol. The van der Waals surface area contributed by atoms with Gasteiger partial charge < -0.3 is 9.67 Å². The zero-order valence-corrected chi connectivity index (χ0v) is 12.9. The third-order valence-electron chi connectivity index (χ3n) is 2.82. The fourth-order valence-electron chi connectivity index (χ4n) is 1.47. The minimum Gasteiger partial charge on any atom is -0.396 e. The molecule has 0 amide bonds. The van der Waals surface area contributed by atoms with E-state index in [-0.39, 0.29) is 22.3 Å². The normalized spacial score (nSPS) is 12.9. The second-order valence-electron chi connectivity index (χ2n) is 5.28. The molecule has 0 fully saturated rings. The molecule has 110 valence electrons. The van der Waals surface area contributed by atoms with Gasteiger partial charge in [0, 0.05) is 26.4 Å². The van der Waals surface area contributed by atoms with Crippen molar-refractivity contribution in [2.24, 2.45) is 12.5 Å². The van der Waals surface area contributed by atoms with Gasteiger partial charge in [0.2, 0.25) is 5.28 Å². The van der Waals surface area contributed by atoms with E-state index in [1.54, 1.807) is 7.05 Å². The molecule has 1 rings (SSSR count). The van der Waals surface area contributed by atoms with E-state index in [0.717, 1.165) is 6.42 Å². The van der Waals surface area contributed by atoms with Gasteiger partial charge in [-0.25, -0.2) is 18.1 Å². The molecule has 0 aromatic carbocycles. The minimum absolute atomic E-state index is 0.0790. The lowest BCUT2D eigenvalue weighted by Gasteiger charge is -2.21. The molecule has 0 atom stereocenters. The van der Waals surface area contributed by atoms with Gasteiger partial charge in [0.15, 0.2) is 5.03 Å². The standard InChI is InChI=1S/C11H20ClN3O3S/c1-11(2,8-16)5-4-6-13-19(17,18)9-7-15(3)10(12)14-9/h7,13,16H,4-6,8H2,1-3H3. The number of sulfonamides is 1. The molecule has 0 aliphatic heterocycles. The van der Waals surface area contributed by atoms with E-state index in [1.807, 2.05) is 13.8 Å². The van der Waals surface area contributed by atoms with E-state index in [9.17, 15) is 8.42 Å². The smallest absolute Gasteiger partial charge is 0.259 e. The van der Waals surface area contributed by atoms with Crippen molar-refractivity contribution in [2.45, 2.75) is 31.7 Å². The van der Waals surface area contributed by atoms with Crippen LogP contribution in [-0.4, -0.2) is 36.2 Å². The Hall–Kier alpha value is -0.630. The van der Waals surface area contributed by atoms with Gasteiger partial charge in [-0.05, 0) is 29.9 Å². The zero-order valence-electron chi connectivity index (χ0n) is 11.4. The molecule has 0 saturated carbocycles. The van der Waals surface area contributed by atoms with Crippen LogP contribution in [0.25, 0.3) is 0 Å². The molecule has 1 heterocycles. The molecule has 0 unspecified atom stereocenters. The second kappa shape index (κ2) is 6.21. The molecule has 1 aromatic heterocycles. The second-order valence-corrected chi connectivity index (χ2v) is 7.33. The first-order chi connectivity index (χ1) is 8.68. The van der Waals surface area contributed by atoms with E-state index in [4.69, 9.17) is 16.7 Å². The van der Waals surface area contributed by atoms with Crippen molar-refractivity contribution in [3.05, 3.63) is 11.5 Å². The number of aryl methyl sites for hydroxylation is 1. The summed E-state index contributed by atoms with van der Waals surface area (Å²) in [5.74, 6) is 0. The van der Waals surface area contributed by atoms with E-state index >= 15 is 0 Å². The van der Waals surface area contributed by atoms with Crippen molar-refractivity contribution >= 4 is 21.6 Å². The number of hydrogen-bond donors (Lipinski definition) is 2. The summed E-state index contributed by atoms with van der Waals surface area (Å²) in [7, 11) is -1.99. The van der Waals surface area contributed by atoms with Crippen LogP contribution in [0.5, 0.6) is 0 Å². The summed E-state index contributed by atoms with van der Waals surface area (Å²) < 4.78 is 27.7. The summed E-state index contributed by atoms with van der Waals surface area (Å²) >= 11 is 5.71. The highest BCUT2D eigenvalue weighted by Crippen LogP contribution is 2.20. The van der Waals surface area contributed by atoms with Crippen molar-refractivity contribution in [3.8, 4) is 0 Å². The summed E-state index contributed by atoms with van der Waals surface area (Å²) in [4.78, 5) is 3.76. The van der Waals surface area contributed by atoms with E-state index in [1.165, 1.54) is 10.8 Å². The Morgan fingerprint density at radius 2 is 2.16 bits per heavy atom. The number of hydrogen-bond acceptors (Lipinski definition) is 4. The molecule has 0 aliphatic rings. The van der Waals surface area contributed by atoms with Crippen molar-refractivity contribution in [2.75, 3.05) is 13.2 Å². The lowest BCUT2D eigenvalue weighted by atomic mass is 9.89. The highest BCUT2D eigenvalue weighted by atomic mass is 35.5. The van der Waals surface area contributed by atoms with E-state index < -0.39 is 10.0 Å². The zero-order chi connectivity index (χ0) is 14.7. The summed E-state index contributed by atoms with van der Waals surface area (Å²) in [6, 6.07) is 0. The molecule has 1 aromatic rings. The molecule has 0 spiro atoms. The van der Waals surface area contributed by atoms with Gasteiger partial charge in [-0.15, -0.1) is 0 Å². The van der Waals surface area contributed by atoms with Gasteiger partial charge in [0.25, 0.3) is 10.0 Å². The summed E-state index contributed by atoms with van der Waals surface area (Å²) in [6.07, 6.45) is 2.74. The summed E-state index contributed by atoms with van der Waals surface area (Å²) in [6.45, 7) is 4.25. The number of halogens is 1. The Kier molecular flexibility index (Phi) is 5.37. The third-order valence-corrected chi connectivity index (χ3v) is 4.51. The fourth-order valence-corrected chi connectivity index (χ4v) is 2.73. The molecule has 0 aliphatic carbocycles. The van der Waals surface area contributed by atoms with Gasteiger partial charge in [-0.2, -0.15) is 0 Å². The number of nitrogens with one attached hydrogen (secondary N) is 1. The topological polar surface area (TPSA) is 84.2 Å². The van der Waals surface area contributed by atoms with Crippen LogP contribution in [0.1, 0.15) is 26.7 Å². The molecule has 0 saturated heterocycles. The Labute approximate surface area is 118 Å². The lowest BCUT2D eigenvalue weighted by molar-refractivity contribution is 0.148. The Balaban J connectivity index is 2.53. The first-order valence-corrected chi connectivity index (χ1v) is 7.83. The lowest BCUT2D eigenvalue weighted by Crippen LogP contribution is -2.27. The number of aliphatic hydroxyl groups excluding tert-OH is 1. The molecule has 8 heteroatoms. The summed E-state index contributed by atoms with van der Waals surface area (Å²) in [5.41, 5.74) is -0.195. The number of aromatic nitrogens is 2. The Morgan fingerprint density at radius 3 is 2.63 bits per heavy atom. The average molecular weight is 310 g/mol. The van der Waals surface area contributed by atoms with Crippen LogP contribution in [0.15, 0.2) is 11.2 Å². The van der Waals surface area contributed by atoms with Crippen LogP contribution in [0.4, 0.5) is 0 Å². The van der Waals surface area contributed by atoms with Gasteiger partial charge in [0.05, 0.1) is 0 Å². The third kappa shape index (κ3) is 4.76. The predicted molar refractivity (Wildman–Crippen MR) is 73.5 cm³/mol. The van der Waals surface area contributed by atoms with Gasteiger partial charge in [-0.1, -0.05) is 13.8 Å². The maximum atomic E-state index is 11.9. The number of aliphatic hydroxyl groups is 1. The number of imidazole rings is 1. The van der Waals surface area contributed by atoms with Crippen molar-refractivity contribution in [1.82, 2.24) is 14.3 Å². The molecule has 6 nitrogen and oxygen atoms in total. The Morgan fingerprint density at radius 1 is 1.53 bits per heavy atom. The molecular formula is C11H20ClN3O3S. The van der Waals surface area contributed by atoms with Crippen molar-refractivity contribution < 1.29 is 13.5 Å². The van der Waals surface area contributed by atoms with E-state index in [0.29, 0.717) is 13.0 Å². The van der Waals surface area contributed by atoms with E-state index in [2.05, 4.69) is 9.71 Å². The van der Waals surface area contributed by atoms with Crippen LogP contribution in [0, 0.1) is 5.41 Å². The molecule has 0 radical (unpaired) electrons. The molecule has 2 N–H and O–H groups in total. The minimum atomic E-state index is -3.62. The van der Waals surface area contributed by atoms with Gasteiger partial charge in [0.1, 0.15) is 0 Å². The summed E-state index contributed by atoms with van der Waals surface area (Å²) in [5, 5.41) is 9.14. The SMILES string of the molecule is Cn1cc(S(=O)(=O)NCCCC(C)(C)CO)nc1Cl. The predicted octanol–water partition coefficient (Wildman–Crippen LogP) is 1.15. The van der Waals surface area contributed by atoms with Crippen molar-refractivity contribution in [3.63, 3.8) is 0 Å². The average Bonchev–Trinajstić information content (AvgIpc) is 2.66. The maximum absolute atomic E-state index is 11.9. The van der Waals surface area contributed by atoms with Gasteiger partial charge >= 0.3 is 0 Å². The largest absolute Gasteiger partial charge is 0.396 e. The van der Waals surface area contributed by atoms with Crippen LogP contribution < -0.4 is 4.72 Å². The Bertz CT molecular complexity index is 506. The first-order valence-electron chi connectivity index (χ1n) is 5.97. The molecule has 0 bridgehead atoms. The number of rotatable bonds is 7. The molecule has 19 heavy (non-hydrogen) atoms. The van der Waals surface area contributed by atoms with Crippen LogP contribution in [0.2, 0.25) is 5.28 Å². The van der Waals surface area contributed by atoms with Crippen molar-refractivity contribution in [1.29, 1.82) is 0 Å². The highest BCUT2D eigenvalue weighted by molar-refractivity contribution is 7.89. The fraction of sp³-hybridized carbons (Fsp3) is 0.727. The van der Waals surface area contributed by atoms with Crippen LogP contribution >= 0.6 is 11.6 Å².